The predicted molar refractivity (Wildman–Crippen MR) is 250 cm³/mol. The number of hydrogen-bond donors (Lipinski definition) is 0. The van der Waals surface area contributed by atoms with Gasteiger partial charge in [0, 0.05) is 54.7 Å². The number of nitrogens with zero attached hydrogens (tertiary/aromatic N) is 5. The van der Waals surface area contributed by atoms with Crippen LogP contribution in [0.2, 0.25) is 0 Å². The van der Waals surface area contributed by atoms with E-state index < -0.39 is 0 Å². The van der Waals surface area contributed by atoms with Crippen molar-refractivity contribution >= 4 is 76.3 Å². The van der Waals surface area contributed by atoms with Gasteiger partial charge in [0.05, 0.1) is 22.1 Å². The molecule has 0 atom stereocenters. The first-order valence-electron chi connectivity index (χ1n) is 20.5. The Morgan fingerprint density at radius 1 is 0.344 bits per heavy atom. The van der Waals surface area contributed by atoms with Gasteiger partial charge in [-0.05, 0) is 83.6 Å². The van der Waals surface area contributed by atoms with Crippen molar-refractivity contribution in [1.29, 1.82) is 0 Å². The lowest BCUT2D eigenvalue weighted by Crippen LogP contribution is -2.04. The number of benzene rings is 9. The predicted octanol–water partition coefficient (Wildman–Crippen LogP) is 14.1. The molecule has 0 saturated heterocycles. The van der Waals surface area contributed by atoms with Crippen molar-refractivity contribution in [3.63, 3.8) is 0 Å². The summed E-state index contributed by atoms with van der Waals surface area (Å²) < 4.78 is 11.6. The summed E-state index contributed by atoms with van der Waals surface area (Å²) in [5, 5.41) is 9.05. The van der Waals surface area contributed by atoms with E-state index in [-0.39, 0.29) is 0 Å². The van der Waals surface area contributed by atoms with Gasteiger partial charge < -0.3 is 13.6 Å². The SMILES string of the molecule is c1ccc(-c2nc(-c3ccc4c(c3)c3ccccc3n4-c3ccccc3)nc(-c3ccc4c(oc5ccccc54)c3-n3c4ccccc4c4cc5ccccc5cc43)n2)cc1. The molecule has 0 bridgehead atoms. The Morgan fingerprint density at radius 2 is 0.918 bits per heavy atom. The second kappa shape index (κ2) is 13.1. The van der Waals surface area contributed by atoms with Crippen LogP contribution in [0.4, 0.5) is 0 Å². The largest absolute Gasteiger partial charge is 0.454 e. The Labute approximate surface area is 349 Å². The van der Waals surface area contributed by atoms with Crippen LogP contribution in [0.15, 0.2) is 205 Å². The standard InChI is InChI=1S/C55H33N5O/c1-3-15-34(16-4-1)53-56-54(37-27-30-48-44(32-37)39-21-9-12-24-46(39)59(48)38-19-5-2-6-20-38)58-55(57-53)43-29-28-42-41-23-11-14-26-50(41)61-52(42)51(43)60-47-25-13-10-22-40(47)45-31-35-17-7-8-18-36(35)33-49(45)60/h1-33H. The van der Waals surface area contributed by atoms with Crippen LogP contribution in [-0.4, -0.2) is 24.1 Å². The maximum Gasteiger partial charge on any atom is 0.166 e. The molecular formula is C55H33N5O. The lowest BCUT2D eigenvalue weighted by atomic mass is 10.0. The zero-order valence-corrected chi connectivity index (χ0v) is 32.7. The number of rotatable bonds is 5. The van der Waals surface area contributed by atoms with Gasteiger partial charge in [-0.3, -0.25) is 0 Å². The summed E-state index contributed by atoms with van der Waals surface area (Å²) in [6.45, 7) is 0. The van der Waals surface area contributed by atoms with Gasteiger partial charge in [0.1, 0.15) is 11.3 Å². The van der Waals surface area contributed by atoms with Gasteiger partial charge in [-0.25, -0.2) is 15.0 Å². The molecule has 284 valence electrons. The lowest BCUT2D eigenvalue weighted by molar-refractivity contribution is 0.666. The fraction of sp³-hybridized carbons (Fsp3) is 0. The van der Waals surface area contributed by atoms with Crippen molar-refractivity contribution < 1.29 is 4.42 Å². The van der Waals surface area contributed by atoms with Crippen LogP contribution in [0.25, 0.3) is 122 Å². The van der Waals surface area contributed by atoms with E-state index in [9.17, 15) is 0 Å². The third kappa shape index (κ3) is 5.12. The molecule has 4 heterocycles. The van der Waals surface area contributed by atoms with Crippen LogP contribution in [0.5, 0.6) is 0 Å². The minimum Gasteiger partial charge on any atom is -0.454 e. The highest BCUT2D eigenvalue weighted by molar-refractivity contribution is 6.17. The van der Waals surface area contributed by atoms with Gasteiger partial charge in [-0.2, -0.15) is 0 Å². The molecular weight excluding hydrogens is 747 g/mol. The number of fused-ring (bicyclic) bond motifs is 10. The van der Waals surface area contributed by atoms with E-state index in [1.165, 1.54) is 5.39 Å². The first-order chi connectivity index (χ1) is 30.2. The first kappa shape index (κ1) is 33.6. The molecule has 6 nitrogen and oxygen atoms in total. The minimum atomic E-state index is 0.555. The summed E-state index contributed by atoms with van der Waals surface area (Å²) in [5.74, 6) is 1.74. The third-order valence-corrected chi connectivity index (χ3v) is 12.1. The fourth-order valence-corrected chi connectivity index (χ4v) is 9.38. The van der Waals surface area contributed by atoms with E-state index in [0.29, 0.717) is 17.5 Å². The zero-order valence-electron chi connectivity index (χ0n) is 32.7. The normalized spacial score (nSPS) is 11.9. The Balaban J connectivity index is 1.12. The Bertz CT molecular complexity index is 3880. The molecule has 0 aliphatic rings. The summed E-state index contributed by atoms with van der Waals surface area (Å²) in [6, 6.07) is 70.2. The maximum absolute atomic E-state index is 6.92. The van der Waals surface area contributed by atoms with Crippen LogP contribution in [0.3, 0.4) is 0 Å². The van der Waals surface area contributed by atoms with Crippen LogP contribution in [-0.2, 0) is 0 Å². The van der Waals surface area contributed by atoms with Gasteiger partial charge in [0.2, 0.25) is 0 Å². The van der Waals surface area contributed by atoms with Gasteiger partial charge in [0.25, 0.3) is 0 Å². The molecule has 0 spiro atoms. The van der Waals surface area contributed by atoms with Crippen molar-refractivity contribution in [3.8, 4) is 45.5 Å². The van der Waals surface area contributed by atoms with Crippen molar-refractivity contribution in [2.45, 2.75) is 0 Å². The molecule has 0 aliphatic heterocycles. The highest BCUT2D eigenvalue weighted by Crippen LogP contribution is 2.44. The Hall–Kier alpha value is -8.35. The second-order valence-corrected chi connectivity index (χ2v) is 15.6. The Kier molecular flexibility index (Phi) is 7.21. The molecule has 0 N–H and O–H groups in total. The molecule has 13 aromatic rings. The van der Waals surface area contributed by atoms with Crippen LogP contribution < -0.4 is 0 Å². The van der Waals surface area contributed by atoms with Crippen molar-refractivity contribution in [2.24, 2.45) is 0 Å². The van der Waals surface area contributed by atoms with Crippen LogP contribution in [0.1, 0.15) is 0 Å². The van der Waals surface area contributed by atoms with E-state index in [0.717, 1.165) is 99.0 Å². The number of hydrogen-bond acceptors (Lipinski definition) is 4. The average Bonchev–Trinajstić information content (AvgIpc) is 3.98. The zero-order chi connectivity index (χ0) is 40.0. The molecule has 61 heavy (non-hydrogen) atoms. The quantitative estimate of drug-likeness (QED) is 0.175. The molecule has 6 heteroatoms. The summed E-state index contributed by atoms with van der Waals surface area (Å²) in [5.41, 5.74) is 10.6. The number of aromatic nitrogens is 5. The van der Waals surface area contributed by atoms with Gasteiger partial charge >= 0.3 is 0 Å². The van der Waals surface area contributed by atoms with Gasteiger partial charge in [0.15, 0.2) is 23.1 Å². The second-order valence-electron chi connectivity index (χ2n) is 15.6. The fourth-order valence-electron chi connectivity index (χ4n) is 9.38. The smallest absolute Gasteiger partial charge is 0.166 e. The molecule has 0 radical (unpaired) electrons. The lowest BCUT2D eigenvalue weighted by Gasteiger charge is -2.15. The molecule has 9 aromatic carbocycles. The van der Waals surface area contributed by atoms with Gasteiger partial charge in [-0.15, -0.1) is 0 Å². The van der Waals surface area contributed by atoms with Crippen molar-refractivity contribution in [1.82, 2.24) is 24.1 Å². The highest BCUT2D eigenvalue weighted by Gasteiger charge is 2.25. The summed E-state index contributed by atoms with van der Waals surface area (Å²) in [7, 11) is 0. The van der Waals surface area contributed by atoms with Crippen LogP contribution in [0, 0.1) is 0 Å². The van der Waals surface area contributed by atoms with Crippen molar-refractivity contribution in [3.05, 3.63) is 200 Å². The van der Waals surface area contributed by atoms with E-state index in [4.69, 9.17) is 19.4 Å². The summed E-state index contributed by atoms with van der Waals surface area (Å²) >= 11 is 0. The van der Waals surface area contributed by atoms with Gasteiger partial charge in [-0.1, -0.05) is 127 Å². The first-order valence-corrected chi connectivity index (χ1v) is 20.5. The van der Waals surface area contributed by atoms with E-state index in [1.54, 1.807) is 0 Å². The summed E-state index contributed by atoms with van der Waals surface area (Å²) in [6.07, 6.45) is 0. The molecule has 0 fully saturated rings. The van der Waals surface area contributed by atoms with E-state index in [1.807, 2.05) is 30.3 Å². The number of furan rings is 1. The topological polar surface area (TPSA) is 61.7 Å². The van der Waals surface area contributed by atoms with E-state index >= 15 is 0 Å². The molecule has 0 saturated carbocycles. The van der Waals surface area contributed by atoms with Crippen LogP contribution >= 0.6 is 0 Å². The molecule has 0 aliphatic carbocycles. The minimum absolute atomic E-state index is 0.555. The van der Waals surface area contributed by atoms with E-state index in [2.05, 4.69) is 179 Å². The molecule has 13 rings (SSSR count). The van der Waals surface area contributed by atoms with Crippen molar-refractivity contribution in [2.75, 3.05) is 0 Å². The molecule has 4 aromatic heterocycles. The third-order valence-electron chi connectivity index (χ3n) is 12.1. The number of para-hydroxylation sites is 4. The highest BCUT2D eigenvalue weighted by atomic mass is 16.3. The molecule has 0 unspecified atom stereocenters. The average molecular weight is 780 g/mol. The summed E-state index contributed by atoms with van der Waals surface area (Å²) in [4.78, 5) is 15.9. The molecule has 0 amide bonds. The maximum atomic E-state index is 6.92. The Morgan fingerprint density at radius 3 is 1.69 bits per heavy atom. The monoisotopic (exact) mass is 779 g/mol.